The van der Waals surface area contributed by atoms with Gasteiger partial charge in [-0.05, 0) is 50.3 Å². The van der Waals surface area contributed by atoms with E-state index in [9.17, 15) is 12.8 Å². The Morgan fingerprint density at radius 3 is 2.76 bits per heavy atom. The van der Waals surface area contributed by atoms with Crippen LogP contribution in [0.5, 0.6) is 5.75 Å². The van der Waals surface area contributed by atoms with Gasteiger partial charge in [-0.2, -0.15) is 0 Å². The SMILES string of the molecule is COc1ccc(S(=O)(=O)NCCC2=CCCCC2)cc1F. The molecule has 1 aromatic carbocycles. The van der Waals surface area contributed by atoms with E-state index in [1.807, 2.05) is 0 Å². The van der Waals surface area contributed by atoms with Gasteiger partial charge in [-0.1, -0.05) is 11.6 Å². The molecule has 6 heteroatoms. The van der Waals surface area contributed by atoms with Crippen molar-refractivity contribution in [2.24, 2.45) is 0 Å². The lowest BCUT2D eigenvalue weighted by Gasteiger charge is -2.13. The Hall–Kier alpha value is -1.40. The summed E-state index contributed by atoms with van der Waals surface area (Å²) in [6.45, 7) is 0.335. The molecule has 1 N–H and O–H groups in total. The molecular formula is C15H20FNO3S. The van der Waals surface area contributed by atoms with E-state index >= 15 is 0 Å². The predicted octanol–water partition coefficient (Wildman–Crippen LogP) is 3.00. The third kappa shape index (κ3) is 4.28. The van der Waals surface area contributed by atoms with Gasteiger partial charge >= 0.3 is 0 Å². The van der Waals surface area contributed by atoms with E-state index in [-0.39, 0.29) is 10.6 Å². The van der Waals surface area contributed by atoms with Crippen LogP contribution in [0.1, 0.15) is 32.1 Å². The van der Waals surface area contributed by atoms with E-state index in [2.05, 4.69) is 10.8 Å². The van der Waals surface area contributed by atoms with Crippen molar-refractivity contribution in [2.45, 2.75) is 37.0 Å². The van der Waals surface area contributed by atoms with Gasteiger partial charge < -0.3 is 4.74 Å². The van der Waals surface area contributed by atoms with Crippen LogP contribution in [0.15, 0.2) is 34.7 Å². The van der Waals surface area contributed by atoms with Crippen molar-refractivity contribution in [1.82, 2.24) is 4.72 Å². The van der Waals surface area contributed by atoms with Gasteiger partial charge in [0, 0.05) is 6.54 Å². The molecule has 0 aromatic heterocycles. The molecule has 116 valence electrons. The maximum absolute atomic E-state index is 13.6. The van der Waals surface area contributed by atoms with Crippen molar-refractivity contribution in [2.75, 3.05) is 13.7 Å². The Morgan fingerprint density at radius 2 is 2.14 bits per heavy atom. The minimum atomic E-state index is -3.68. The number of benzene rings is 1. The molecule has 1 aromatic rings. The minimum Gasteiger partial charge on any atom is -0.494 e. The normalized spacial score (nSPS) is 15.6. The van der Waals surface area contributed by atoms with E-state index < -0.39 is 15.8 Å². The van der Waals surface area contributed by atoms with Gasteiger partial charge in [-0.3, -0.25) is 0 Å². The first kappa shape index (κ1) is 16.0. The highest BCUT2D eigenvalue weighted by molar-refractivity contribution is 7.89. The van der Waals surface area contributed by atoms with E-state index in [1.165, 1.54) is 37.7 Å². The number of nitrogens with one attached hydrogen (secondary N) is 1. The summed E-state index contributed by atoms with van der Waals surface area (Å²) in [5.74, 6) is -0.656. The lowest BCUT2D eigenvalue weighted by molar-refractivity contribution is 0.385. The summed E-state index contributed by atoms with van der Waals surface area (Å²) in [6, 6.07) is 3.62. The molecule has 0 bridgehead atoms. The van der Waals surface area contributed by atoms with Crippen LogP contribution in [0.25, 0.3) is 0 Å². The van der Waals surface area contributed by atoms with E-state index in [0.29, 0.717) is 13.0 Å². The smallest absolute Gasteiger partial charge is 0.240 e. The van der Waals surface area contributed by atoms with Crippen LogP contribution in [-0.2, 0) is 10.0 Å². The number of ether oxygens (including phenoxy) is 1. The van der Waals surface area contributed by atoms with Crippen LogP contribution in [0.2, 0.25) is 0 Å². The fourth-order valence-electron chi connectivity index (χ4n) is 2.38. The molecule has 0 atom stereocenters. The van der Waals surface area contributed by atoms with Crippen molar-refractivity contribution in [3.63, 3.8) is 0 Å². The quantitative estimate of drug-likeness (QED) is 0.821. The van der Waals surface area contributed by atoms with Gasteiger partial charge in [0.05, 0.1) is 12.0 Å². The standard InChI is InChI=1S/C15H20FNO3S/c1-20-15-8-7-13(11-14(15)16)21(18,19)17-10-9-12-5-3-2-4-6-12/h5,7-8,11,17H,2-4,6,9-10H2,1H3. The zero-order valence-corrected chi connectivity index (χ0v) is 12.9. The lowest BCUT2D eigenvalue weighted by Crippen LogP contribution is -2.25. The van der Waals surface area contributed by atoms with Gasteiger partial charge in [0.15, 0.2) is 11.6 Å². The average molecular weight is 313 g/mol. The summed E-state index contributed by atoms with van der Waals surface area (Å²) < 4.78 is 45.0. The van der Waals surface area contributed by atoms with Crippen molar-refractivity contribution >= 4 is 10.0 Å². The highest BCUT2D eigenvalue weighted by atomic mass is 32.2. The van der Waals surface area contributed by atoms with Crippen LogP contribution < -0.4 is 9.46 Å². The second kappa shape index (κ2) is 7.04. The van der Waals surface area contributed by atoms with Gasteiger partial charge in [0.1, 0.15) is 0 Å². The topological polar surface area (TPSA) is 55.4 Å². The molecule has 0 spiro atoms. The average Bonchev–Trinajstić information content (AvgIpc) is 2.48. The molecule has 0 saturated carbocycles. The zero-order valence-electron chi connectivity index (χ0n) is 12.1. The van der Waals surface area contributed by atoms with Gasteiger partial charge in [0.2, 0.25) is 10.0 Å². The molecule has 0 amide bonds. The zero-order chi connectivity index (χ0) is 15.3. The number of halogens is 1. The third-order valence-corrected chi connectivity index (χ3v) is 5.02. The second-order valence-electron chi connectivity index (χ2n) is 5.05. The van der Waals surface area contributed by atoms with Crippen LogP contribution in [0.3, 0.4) is 0 Å². The minimum absolute atomic E-state index is 0.0290. The molecule has 0 radical (unpaired) electrons. The largest absolute Gasteiger partial charge is 0.494 e. The summed E-state index contributed by atoms with van der Waals surface area (Å²) in [4.78, 5) is -0.0848. The summed E-state index contributed by atoms with van der Waals surface area (Å²) in [5.41, 5.74) is 1.30. The molecule has 21 heavy (non-hydrogen) atoms. The van der Waals surface area contributed by atoms with E-state index in [1.54, 1.807) is 0 Å². The predicted molar refractivity (Wildman–Crippen MR) is 79.3 cm³/mol. The molecule has 1 aliphatic carbocycles. The van der Waals surface area contributed by atoms with Crippen LogP contribution in [0, 0.1) is 5.82 Å². The first-order chi connectivity index (χ1) is 10.0. The maximum Gasteiger partial charge on any atom is 0.240 e. The molecular weight excluding hydrogens is 293 g/mol. The summed E-state index contributed by atoms with van der Waals surface area (Å²) >= 11 is 0. The highest BCUT2D eigenvalue weighted by Crippen LogP contribution is 2.21. The summed E-state index contributed by atoms with van der Waals surface area (Å²) in [5, 5.41) is 0. The monoisotopic (exact) mass is 313 g/mol. The fourth-order valence-corrected chi connectivity index (χ4v) is 3.42. The van der Waals surface area contributed by atoms with E-state index in [4.69, 9.17) is 4.74 Å². The molecule has 0 aliphatic heterocycles. The first-order valence-electron chi connectivity index (χ1n) is 7.04. The maximum atomic E-state index is 13.6. The Labute approximate surface area is 125 Å². The van der Waals surface area contributed by atoms with E-state index in [0.717, 1.165) is 18.9 Å². The molecule has 4 nitrogen and oxygen atoms in total. The van der Waals surface area contributed by atoms with Crippen molar-refractivity contribution in [3.8, 4) is 5.75 Å². The fraction of sp³-hybridized carbons (Fsp3) is 0.467. The van der Waals surface area contributed by atoms with Gasteiger partial charge in [0.25, 0.3) is 0 Å². The summed E-state index contributed by atoms with van der Waals surface area (Å²) in [6.07, 6.45) is 7.38. The van der Waals surface area contributed by atoms with Crippen LogP contribution >= 0.6 is 0 Å². The van der Waals surface area contributed by atoms with Crippen molar-refractivity contribution in [1.29, 1.82) is 0 Å². The van der Waals surface area contributed by atoms with Crippen LogP contribution in [-0.4, -0.2) is 22.1 Å². The molecule has 0 saturated heterocycles. The number of allylic oxidation sites excluding steroid dienone is 1. The molecule has 0 unspecified atom stereocenters. The third-order valence-electron chi connectivity index (χ3n) is 3.56. The number of hydrogen-bond donors (Lipinski definition) is 1. The Morgan fingerprint density at radius 1 is 1.33 bits per heavy atom. The number of sulfonamides is 1. The molecule has 0 heterocycles. The van der Waals surface area contributed by atoms with Crippen molar-refractivity contribution < 1.29 is 17.5 Å². The molecule has 2 rings (SSSR count). The van der Waals surface area contributed by atoms with Crippen molar-refractivity contribution in [3.05, 3.63) is 35.7 Å². The molecule has 0 fully saturated rings. The summed E-state index contributed by atoms with van der Waals surface area (Å²) in [7, 11) is -2.35. The molecule has 1 aliphatic rings. The Kier molecular flexibility index (Phi) is 5.36. The van der Waals surface area contributed by atoms with Gasteiger partial charge in [-0.15, -0.1) is 0 Å². The first-order valence-corrected chi connectivity index (χ1v) is 8.52. The Balaban J connectivity index is 1.98. The number of methoxy groups -OCH3 is 1. The van der Waals surface area contributed by atoms with Crippen LogP contribution in [0.4, 0.5) is 4.39 Å². The Bertz CT molecular complexity index is 626. The highest BCUT2D eigenvalue weighted by Gasteiger charge is 2.16. The number of rotatable bonds is 6. The second-order valence-corrected chi connectivity index (χ2v) is 6.82. The lowest BCUT2D eigenvalue weighted by atomic mass is 9.97. The van der Waals surface area contributed by atoms with Gasteiger partial charge in [-0.25, -0.2) is 17.5 Å². The number of hydrogen-bond acceptors (Lipinski definition) is 3.